The minimum atomic E-state index is -0.486. The highest BCUT2D eigenvalue weighted by Gasteiger charge is 2.11. The average molecular weight is 327 g/mol. The van der Waals surface area contributed by atoms with E-state index < -0.39 is 6.09 Å². The third-order valence-corrected chi connectivity index (χ3v) is 3.93. The zero-order valence-electron chi connectivity index (χ0n) is 15.0. The second-order valence-electron chi connectivity index (χ2n) is 6.25. The molecule has 0 bridgehead atoms. The molecule has 2 aromatic carbocycles. The van der Waals surface area contributed by atoms with E-state index in [2.05, 4.69) is 38.2 Å². The van der Waals surface area contributed by atoms with Crippen molar-refractivity contribution in [3.05, 3.63) is 58.7 Å². The molecule has 0 atom stereocenters. The molecule has 0 aliphatic heterocycles. The van der Waals surface area contributed by atoms with E-state index in [4.69, 9.17) is 9.47 Å². The molecule has 0 heterocycles. The van der Waals surface area contributed by atoms with Crippen LogP contribution < -0.4 is 10.1 Å². The number of rotatable bonds is 5. The van der Waals surface area contributed by atoms with Crippen LogP contribution >= 0.6 is 0 Å². The molecule has 0 fully saturated rings. The van der Waals surface area contributed by atoms with E-state index in [0.29, 0.717) is 18.2 Å². The molecule has 4 nitrogen and oxygen atoms in total. The minimum Gasteiger partial charge on any atom is -0.489 e. The Kier molecular flexibility index (Phi) is 5.85. The Bertz CT molecular complexity index is 723. The maximum Gasteiger partial charge on any atom is 0.411 e. The summed E-state index contributed by atoms with van der Waals surface area (Å²) in [7, 11) is 1.35. The van der Waals surface area contributed by atoms with Crippen molar-refractivity contribution in [3.8, 4) is 5.75 Å². The molecule has 4 heteroatoms. The Balaban J connectivity index is 2.24. The topological polar surface area (TPSA) is 47.6 Å². The van der Waals surface area contributed by atoms with Gasteiger partial charge in [-0.25, -0.2) is 4.79 Å². The largest absolute Gasteiger partial charge is 0.489 e. The summed E-state index contributed by atoms with van der Waals surface area (Å²) in [5, 5.41) is 2.75. The standard InChI is InChI=1S/C20H25NO3/c1-13(2)16-7-8-18(21-20(22)23-5)17(11-16)12-24-19-9-6-14(3)10-15(19)4/h6-11,13H,12H2,1-5H3,(H,21,22). The van der Waals surface area contributed by atoms with E-state index in [9.17, 15) is 4.79 Å². The molecule has 0 spiro atoms. The molecule has 0 aliphatic rings. The summed E-state index contributed by atoms with van der Waals surface area (Å²) < 4.78 is 10.7. The predicted octanol–water partition coefficient (Wildman–Crippen LogP) is 5.18. The van der Waals surface area contributed by atoms with Crippen LogP contribution in [0.1, 0.15) is 42.0 Å². The van der Waals surface area contributed by atoms with Crippen LogP contribution in [0.5, 0.6) is 5.75 Å². The van der Waals surface area contributed by atoms with E-state index in [0.717, 1.165) is 16.9 Å². The van der Waals surface area contributed by atoms with Gasteiger partial charge in [0.05, 0.1) is 12.8 Å². The SMILES string of the molecule is COC(=O)Nc1ccc(C(C)C)cc1COc1ccc(C)cc1C. The van der Waals surface area contributed by atoms with E-state index in [1.54, 1.807) is 0 Å². The molecule has 0 saturated carbocycles. The van der Waals surface area contributed by atoms with Crippen molar-refractivity contribution in [2.24, 2.45) is 0 Å². The zero-order chi connectivity index (χ0) is 17.7. The first kappa shape index (κ1) is 17.9. The summed E-state index contributed by atoms with van der Waals surface area (Å²) in [4.78, 5) is 11.5. The van der Waals surface area contributed by atoms with Gasteiger partial charge < -0.3 is 9.47 Å². The van der Waals surface area contributed by atoms with E-state index in [1.807, 2.05) is 31.2 Å². The van der Waals surface area contributed by atoms with Crippen LogP contribution in [-0.2, 0) is 11.3 Å². The normalized spacial score (nSPS) is 10.6. The van der Waals surface area contributed by atoms with Crippen molar-refractivity contribution in [1.82, 2.24) is 0 Å². The van der Waals surface area contributed by atoms with Gasteiger partial charge in [0.1, 0.15) is 12.4 Å². The molecule has 0 radical (unpaired) electrons. The Morgan fingerprint density at radius 2 is 1.88 bits per heavy atom. The van der Waals surface area contributed by atoms with Gasteiger partial charge in [-0.3, -0.25) is 5.32 Å². The van der Waals surface area contributed by atoms with Crippen molar-refractivity contribution in [2.75, 3.05) is 12.4 Å². The van der Waals surface area contributed by atoms with Gasteiger partial charge in [0.2, 0.25) is 0 Å². The fourth-order valence-corrected chi connectivity index (χ4v) is 2.49. The Labute approximate surface area is 143 Å². The van der Waals surface area contributed by atoms with Crippen molar-refractivity contribution in [1.29, 1.82) is 0 Å². The average Bonchev–Trinajstić information content (AvgIpc) is 2.54. The summed E-state index contributed by atoms with van der Waals surface area (Å²) in [5.74, 6) is 1.25. The number of anilines is 1. The predicted molar refractivity (Wildman–Crippen MR) is 96.8 cm³/mol. The quantitative estimate of drug-likeness (QED) is 0.822. The van der Waals surface area contributed by atoms with Gasteiger partial charge >= 0.3 is 6.09 Å². The van der Waals surface area contributed by atoms with Crippen LogP contribution in [0.15, 0.2) is 36.4 Å². The molecule has 24 heavy (non-hydrogen) atoms. The molecule has 0 aliphatic carbocycles. The van der Waals surface area contributed by atoms with Gasteiger partial charge in [-0.1, -0.05) is 43.7 Å². The summed E-state index contributed by atoms with van der Waals surface area (Å²) in [6, 6.07) is 12.1. The lowest BCUT2D eigenvalue weighted by molar-refractivity contribution is 0.187. The van der Waals surface area contributed by atoms with Gasteiger partial charge in [0, 0.05) is 5.56 Å². The van der Waals surface area contributed by atoms with E-state index >= 15 is 0 Å². The fraction of sp³-hybridized carbons (Fsp3) is 0.350. The Hall–Kier alpha value is -2.49. The lowest BCUT2D eigenvalue weighted by Gasteiger charge is -2.16. The number of benzene rings is 2. The minimum absolute atomic E-state index is 0.379. The number of ether oxygens (including phenoxy) is 2. The van der Waals surface area contributed by atoms with Crippen molar-refractivity contribution < 1.29 is 14.3 Å². The summed E-state index contributed by atoms with van der Waals surface area (Å²) in [6.07, 6.45) is -0.486. The summed E-state index contributed by atoms with van der Waals surface area (Å²) in [5.41, 5.74) is 5.12. The van der Waals surface area contributed by atoms with Crippen molar-refractivity contribution in [2.45, 2.75) is 40.2 Å². The summed E-state index contributed by atoms with van der Waals surface area (Å²) >= 11 is 0. The Morgan fingerprint density at radius 1 is 1.12 bits per heavy atom. The first-order chi connectivity index (χ1) is 11.4. The van der Waals surface area contributed by atoms with Crippen molar-refractivity contribution in [3.63, 3.8) is 0 Å². The molecule has 0 aromatic heterocycles. The molecule has 2 aromatic rings. The number of carbonyl (C=O) groups excluding carboxylic acids is 1. The fourth-order valence-electron chi connectivity index (χ4n) is 2.49. The number of carbonyl (C=O) groups is 1. The lowest BCUT2D eigenvalue weighted by Crippen LogP contribution is -2.13. The monoisotopic (exact) mass is 327 g/mol. The first-order valence-electron chi connectivity index (χ1n) is 8.08. The number of nitrogens with one attached hydrogen (secondary N) is 1. The second kappa shape index (κ2) is 7.86. The molecule has 128 valence electrons. The molecule has 0 unspecified atom stereocenters. The van der Waals surface area contributed by atoms with Gasteiger partial charge in [0.25, 0.3) is 0 Å². The van der Waals surface area contributed by atoms with E-state index in [-0.39, 0.29) is 0 Å². The highest BCUT2D eigenvalue weighted by Crippen LogP contribution is 2.26. The van der Waals surface area contributed by atoms with Crippen LogP contribution in [-0.4, -0.2) is 13.2 Å². The maximum atomic E-state index is 11.5. The van der Waals surface area contributed by atoms with Crippen LogP contribution in [0.3, 0.4) is 0 Å². The van der Waals surface area contributed by atoms with Crippen LogP contribution in [0.2, 0.25) is 0 Å². The molecule has 0 saturated heterocycles. The smallest absolute Gasteiger partial charge is 0.411 e. The van der Waals surface area contributed by atoms with Crippen molar-refractivity contribution >= 4 is 11.8 Å². The zero-order valence-corrected chi connectivity index (χ0v) is 15.0. The van der Waals surface area contributed by atoms with Crippen LogP contribution in [0.25, 0.3) is 0 Å². The van der Waals surface area contributed by atoms with Gasteiger partial charge in [0.15, 0.2) is 0 Å². The van der Waals surface area contributed by atoms with E-state index in [1.165, 1.54) is 18.2 Å². The molecule has 2 rings (SSSR count). The third kappa shape index (κ3) is 4.51. The second-order valence-corrected chi connectivity index (χ2v) is 6.25. The molecule has 1 amide bonds. The number of aryl methyl sites for hydroxylation is 2. The maximum absolute atomic E-state index is 11.5. The van der Waals surface area contributed by atoms with Crippen LogP contribution in [0.4, 0.5) is 10.5 Å². The molecular weight excluding hydrogens is 302 g/mol. The number of methoxy groups -OCH3 is 1. The molecule has 1 N–H and O–H groups in total. The van der Waals surface area contributed by atoms with Gasteiger partial charge in [-0.15, -0.1) is 0 Å². The third-order valence-electron chi connectivity index (χ3n) is 3.93. The van der Waals surface area contributed by atoms with Gasteiger partial charge in [-0.2, -0.15) is 0 Å². The number of hydrogen-bond donors (Lipinski definition) is 1. The highest BCUT2D eigenvalue weighted by molar-refractivity contribution is 5.85. The summed E-state index contributed by atoms with van der Waals surface area (Å²) in [6.45, 7) is 8.74. The number of amides is 1. The van der Waals surface area contributed by atoms with Gasteiger partial charge in [-0.05, 0) is 43.0 Å². The lowest BCUT2D eigenvalue weighted by atomic mass is 10.00. The highest BCUT2D eigenvalue weighted by atomic mass is 16.5. The molecular formula is C20H25NO3. The Morgan fingerprint density at radius 3 is 2.50 bits per heavy atom. The number of hydrogen-bond acceptors (Lipinski definition) is 3. The van der Waals surface area contributed by atoms with Crippen LogP contribution in [0, 0.1) is 13.8 Å². The first-order valence-corrected chi connectivity index (χ1v) is 8.08.